The summed E-state index contributed by atoms with van der Waals surface area (Å²) in [6, 6.07) is 1.43. The molecule has 4 N–H and O–H groups in total. The Labute approximate surface area is 109 Å². The summed E-state index contributed by atoms with van der Waals surface area (Å²) in [5.74, 6) is -0.407. The zero-order valence-corrected chi connectivity index (χ0v) is 11.6. The van der Waals surface area contributed by atoms with Crippen LogP contribution in [0.2, 0.25) is 0 Å². The van der Waals surface area contributed by atoms with Gasteiger partial charge in [-0.1, -0.05) is 0 Å². The van der Waals surface area contributed by atoms with Crippen molar-refractivity contribution in [2.75, 3.05) is 26.7 Å². The maximum Gasteiger partial charge on any atom is 0.237 e. The van der Waals surface area contributed by atoms with E-state index in [0.717, 1.165) is 25.7 Å². The fourth-order valence-corrected chi connectivity index (χ4v) is 3.10. The summed E-state index contributed by atoms with van der Waals surface area (Å²) >= 11 is 0. The van der Waals surface area contributed by atoms with E-state index in [1.807, 2.05) is 0 Å². The highest BCUT2D eigenvalue weighted by Gasteiger charge is 2.35. The third-order valence-electron chi connectivity index (χ3n) is 4.74. The molecule has 0 spiro atoms. The van der Waals surface area contributed by atoms with Crippen molar-refractivity contribution in [3.63, 3.8) is 0 Å². The summed E-state index contributed by atoms with van der Waals surface area (Å²) in [6.45, 7) is 4.81. The Morgan fingerprint density at radius 1 is 1.33 bits per heavy atom. The molecule has 2 rings (SSSR count). The first-order valence-electron chi connectivity index (χ1n) is 6.93. The van der Waals surface area contributed by atoms with Gasteiger partial charge in [0.1, 0.15) is 0 Å². The second-order valence-corrected chi connectivity index (χ2v) is 6.17. The summed E-state index contributed by atoms with van der Waals surface area (Å²) in [4.78, 5) is 16.2. The molecule has 104 valence electrons. The molecule has 2 fully saturated rings. The number of hydrogen-bond acceptors (Lipinski definition) is 4. The molecule has 0 aliphatic carbocycles. The molecule has 0 aromatic carbocycles. The van der Waals surface area contributed by atoms with Gasteiger partial charge < -0.3 is 16.4 Å². The molecule has 2 aliphatic rings. The van der Waals surface area contributed by atoms with Crippen molar-refractivity contribution in [2.45, 2.75) is 50.2 Å². The van der Waals surface area contributed by atoms with Crippen molar-refractivity contribution in [2.24, 2.45) is 11.5 Å². The minimum Gasteiger partial charge on any atom is -0.368 e. The minimum absolute atomic E-state index is 0.407. The maximum absolute atomic E-state index is 11.2. The lowest BCUT2D eigenvalue weighted by Crippen LogP contribution is -2.51. The summed E-state index contributed by atoms with van der Waals surface area (Å²) in [6.07, 6.45) is 4.51. The molecule has 5 nitrogen and oxygen atoms in total. The van der Waals surface area contributed by atoms with Gasteiger partial charge in [-0.2, -0.15) is 0 Å². The Bertz CT molecular complexity index is 318. The number of amides is 1. The molecule has 5 heteroatoms. The van der Waals surface area contributed by atoms with Crippen LogP contribution < -0.4 is 11.5 Å². The molecule has 0 aromatic rings. The van der Waals surface area contributed by atoms with Crippen LogP contribution in [0.1, 0.15) is 32.6 Å². The van der Waals surface area contributed by atoms with Crippen LogP contribution in [0.25, 0.3) is 0 Å². The Morgan fingerprint density at radius 2 is 2.00 bits per heavy atom. The van der Waals surface area contributed by atoms with E-state index in [1.54, 1.807) is 6.92 Å². The molecule has 0 radical (unpaired) electrons. The lowest BCUT2D eigenvalue weighted by Gasteiger charge is -2.28. The average molecular weight is 254 g/mol. The molecule has 3 atom stereocenters. The van der Waals surface area contributed by atoms with Crippen molar-refractivity contribution < 1.29 is 4.79 Å². The fraction of sp³-hybridized carbons (Fsp3) is 0.923. The smallest absolute Gasteiger partial charge is 0.237 e. The van der Waals surface area contributed by atoms with Crippen LogP contribution in [0.5, 0.6) is 0 Å². The number of fused-ring (bicyclic) bond motifs is 2. The molecule has 0 saturated carbocycles. The molecule has 0 aromatic heterocycles. The predicted molar refractivity (Wildman–Crippen MR) is 72.0 cm³/mol. The van der Waals surface area contributed by atoms with Crippen LogP contribution in [0, 0.1) is 0 Å². The topological polar surface area (TPSA) is 75.6 Å². The third kappa shape index (κ3) is 2.84. The first kappa shape index (κ1) is 13.8. The van der Waals surface area contributed by atoms with E-state index in [9.17, 15) is 4.79 Å². The number of rotatable bonds is 4. The van der Waals surface area contributed by atoms with E-state index in [0.29, 0.717) is 12.5 Å². The van der Waals surface area contributed by atoms with E-state index >= 15 is 0 Å². The van der Waals surface area contributed by atoms with Gasteiger partial charge in [-0.05, 0) is 46.2 Å². The highest BCUT2D eigenvalue weighted by atomic mass is 16.1. The predicted octanol–water partition coefficient (Wildman–Crippen LogP) is -0.252. The van der Waals surface area contributed by atoms with Crippen molar-refractivity contribution in [1.82, 2.24) is 9.80 Å². The average Bonchev–Trinajstić information content (AvgIpc) is 2.52. The van der Waals surface area contributed by atoms with Crippen molar-refractivity contribution in [1.29, 1.82) is 0 Å². The minimum atomic E-state index is -0.878. The number of hydrogen-bond donors (Lipinski definition) is 2. The normalized spacial score (nSPS) is 33.1. The van der Waals surface area contributed by atoms with Gasteiger partial charge >= 0.3 is 0 Å². The Balaban J connectivity index is 1.86. The van der Waals surface area contributed by atoms with Crippen LogP contribution in [0.4, 0.5) is 0 Å². The quantitative estimate of drug-likeness (QED) is 0.725. The van der Waals surface area contributed by atoms with Crippen LogP contribution in [0.15, 0.2) is 0 Å². The molecule has 18 heavy (non-hydrogen) atoms. The highest BCUT2D eigenvalue weighted by Crippen LogP contribution is 2.28. The zero-order valence-electron chi connectivity index (χ0n) is 11.6. The fourth-order valence-electron chi connectivity index (χ4n) is 3.10. The SMILES string of the molecule is CN1C2CCC1CN(CCC(C)(N)C(N)=O)CC2. The van der Waals surface area contributed by atoms with Gasteiger partial charge in [0.05, 0.1) is 5.54 Å². The molecule has 2 heterocycles. The van der Waals surface area contributed by atoms with Crippen molar-refractivity contribution in [3.8, 4) is 0 Å². The van der Waals surface area contributed by atoms with Crippen molar-refractivity contribution in [3.05, 3.63) is 0 Å². The summed E-state index contributed by atoms with van der Waals surface area (Å²) < 4.78 is 0. The first-order valence-corrected chi connectivity index (χ1v) is 6.93. The molecule has 2 aliphatic heterocycles. The van der Waals surface area contributed by atoms with Crippen LogP contribution in [-0.4, -0.2) is 60.0 Å². The monoisotopic (exact) mass is 254 g/mol. The Hall–Kier alpha value is -0.650. The highest BCUT2D eigenvalue weighted by molar-refractivity contribution is 5.83. The number of carbonyl (C=O) groups is 1. The molecular formula is C13H26N4O. The Morgan fingerprint density at radius 3 is 2.67 bits per heavy atom. The number of carbonyl (C=O) groups excluding carboxylic acids is 1. The second kappa shape index (κ2) is 5.15. The maximum atomic E-state index is 11.2. The van der Waals surface area contributed by atoms with Gasteiger partial charge in [0.2, 0.25) is 5.91 Å². The summed E-state index contributed by atoms with van der Waals surface area (Å²) in [5.41, 5.74) is 10.3. The number of nitrogens with two attached hydrogens (primary N) is 2. The van der Waals surface area contributed by atoms with Crippen LogP contribution >= 0.6 is 0 Å². The lowest BCUT2D eigenvalue weighted by atomic mass is 9.98. The van der Waals surface area contributed by atoms with Gasteiger partial charge in [-0.15, -0.1) is 0 Å². The standard InChI is InChI=1S/C13H26N4O/c1-13(15,12(14)18)6-8-17-7-5-10-3-4-11(9-17)16(10)2/h10-11H,3-9,15H2,1-2H3,(H2,14,18). The van der Waals surface area contributed by atoms with E-state index in [4.69, 9.17) is 11.5 Å². The zero-order chi connectivity index (χ0) is 13.3. The van der Waals surface area contributed by atoms with E-state index < -0.39 is 11.4 Å². The molecule has 1 amide bonds. The van der Waals surface area contributed by atoms with Gasteiger partial charge in [-0.3, -0.25) is 9.69 Å². The van der Waals surface area contributed by atoms with E-state index in [-0.39, 0.29) is 0 Å². The van der Waals surface area contributed by atoms with E-state index in [2.05, 4.69) is 16.8 Å². The Kier molecular flexibility index (Phi) is 3.94. The van der Waals surface area contributed by atoms with Gasteiger partial charge in [-0.25, -0.2) is 0 Å². The summed E-state index contributed by atoms with van der Waals surface area (Å²) in [7, 11) is 2.24. The number of likely N-dealkylation sites (tertiary alicyclic amines) is 1. The number of primary amides is 1. The van der Waals surface area contributed by atoms with E-state index in [1.165, 1.54) is 19.3 Å². The molecular weight excluding hydrogens is 228 g/mol. The molecule has 2 bridgehead atoms. The van der Waals surface area contributed by atoms with Crippen molar-refractivity contribution >= 4 is 5.91 Å². The number of likely N-dealkylation sites (N-methyl/N-ethyl adjacent to an activating group) is 1. The molecule has 2 saturated heterocycles. The molecule has 3 unspecified atom stereocenters. The summed E-state index contributed by atoms with van der Waals surface area (Å²) in [5, 5.41) is 0. The third-order valence-corrected chi connectivity index (χ3v) is 4.74. The second-order valence-electron chi connectivity index (χ2n) is 6.17. The lowest BCUT2D eigenvalue weighted by molar-refractivity contribution is -0.122. The number of nitrogens with zero attached hydrogens (tertiary/aromatic N) is 2. The van der Waals surface area contributed by atoms with Gasteiger partial charge in [0.15, 0.2) is 0 Å². The van der Waals surface area contributed by atoms with Gasteiger partial charge in [0.25, 0.3) is 0 Å². The van der Waals surface area contributed by atoms with Crippen LogP contribution in [0.3, 0.4) is 0 Å². The first-order chi connectivity index (χ1) is 8.40. The largest absolute Gasteiger partial charge is 0.368 e. The van der Waals surface area contributed by atoms with Crippen LogP contribution in [-0.2, 0) is 4.79 Å². The van der Waals surface area contributed by atoms with Gasteiger partial charge in [0, 0.05) is 25.2 Å².